The number of rotatable bonds is 10. The van der Waals surface area contributed by atoms with Crippen LogP contribution in [0.3, 0.4) is 0 Å². The van der Waals surface area contributed by atoms with Crippen molar-refractivity contribution in [1.29, 1.82) is 0 Å². The summed E-state index contributed by atoms with van der Waals surface area (Å²) in [4.78, 5) is 23.9. The van der Waals surface area contributed by atoms with Gasteiger partial charge in [0.2, 0.25) is 0 Å². The molecule has 0 aliphatic heterocycles. The molecule has 128 valence electrons. The number of nitrogens with zero attached hydrogens (tertiary/aromatic N) is 1. The molecule has 1 aromatic carbocycles. The predicted molar refractivity (Wildman–Crippen MR) is 87.1 cm³/mol. The van der Waals surface area contributed by atoms with Gasteiger partial charge >= 0.3 is 12.2 Å². The smallest absolute Gasteiger partial charge is 0.407 e. The zero-order valence-electron chi connectivity index (χ0n) is 13.2. The Hall–Kier alpha value is -2.28. The average Bonchev–Trinajstić information content (AvgIpc) is 2.56. The molecule has 23 heavy (non-hydrogen) atoms. The Morgan fingerprint density at radius 1 is 1.13 bits per heavy atom. The molecule has 4 N–H and O–H groups in total. The van der Waals surface area contributed by atoms with E-state index in [1.54, 1.807) is 0 Å². The number of nitrogens with two attached hydrogens (primary N) is 1. The number of ether oxygens (including phenoxy) is 1. The molecule has 1 aromatic rings. The number of amides is 2. The van der Waals surface area contributed by atoms with Crippen molar-refractivity contribution in [3.63, 3.8) is 0 Å². The van der Waals surface area contributed by atoms with Gasteiger partial charge in [-0.05, 0) is 31.4 Å². The first kappa shape index (κ1) is 18.8. The summed E-state index contributed by atoms with van der Waals surface area (Å²) in [5.41, 5.74) is 6.31. The molecule has 2 amide bonds. The van der Waals surface area contributed by atoms with E-state index in [2.05, 4.69) is 5.32 Å². The summed E-state index contributed by atoms with van der Waals surface area (Å²) >= 11 is 0. The molecule has 0 aromatic heterocycles. The van der Waals surface area contributed by atoms with Crippen LogP contribution in [0.1, 0.15) is 24.8 Å². The fraction of sp³-hybridized carbons (Fsp3) is 0.500. The van der Waals surface area contributed by atoms with Crippen LogP contribution in [-0.2, 0) is 11.3 Å². The lowest BCUT2D eigenvalue weighted by Gasteiger charge is -2.19. The summed E-state index contributed by atoms with van der Waals surface area (Å²) < 4.78 is 5.07. The second-order valence-electron chi connectivity index (χ2n) is 5.11. The van der Waals surface area contributed by atoms with Crippen LogP contribution in [0.25, 0.3) is 0 Å². The first-order valence-electron chi connectivity index (χ1n) is 7.76. The molecule has 0 saturated carbocycles. The maximum Gasteiger partial charge on any atom is 0.407 e. The first-order valence-corrected chi connectivity index (χ1v) is 7.76. The van der Waals surface area contributed by atoms with E-state index in [4.69, 9.17) is 15.6 Å². The zero-order chi connectivity index (χ0) is 16.9. The van der Waals surface area contributed by atoms with E-state index in [0.29, 0.717) is 32.6 Å². The van der Waals surface area contributed by atoms with Gasteiger partial charge in [-0.25, -0.2) is 9.59 Å². The summed E-state index contributed by atoms with van der Waals surface area (Å²) in [7, 11) is 0. The van der Waals surface area contributed by atoms with Crippen molar-refractivity contribution in [3.8, 4) is 0 Å². The zero-order valence-corrected chi connectivity index (χ0v) is 13.2. The molecular formula is C16H25N3O4. The third-order valence-electron chi connectivity index (χ3n) is 3.24. The minimum atomic E-state index is -0.950. The lowest BCUT2D eigenvalue weighted by atomic mass is 10.2. The fourth-order valence-corrected chi connectivity index (χ4v) is 1.98. The quantitative estimate of drug-likeness (QED) is 0.571. The molecule has 0 heterocycles. The molecule has 0 radical (unpaired) electrons. The Morgan fingerprint density at radius 2 is 1.83 bits per heavy atom. The summed E-state index contributed by atoms with van der Waals surface area (Å²) in [5.74, 6) is 0. The first-order chi connectivity index (χ1) is 11.1. The van der Waals surface area contributed by atoms with Crippen LogP contribution in [0.5, 0.6) is 0 Å². The van der Waals surface area contributed by atoms with Crippen LogP contribution in [0.4, 0.5) is 9.59 Å². The standard InChI is InChI=1S/C16H25N3O4/c17-9-4-5-11-19(16(21)22)12-6-10-18-15(20)23-13-14-7-2-1-3-8-14/h1-3,7-8H,4-6,9-13,17H2,(H,18,20)(H,21,22). The molecule has 0 bridgehead atoms. The molecule has 1 rings (SSSR count). The largest absolute Gasteiger partial charge is 0.465 e. The van der Waals surface area contributed by atoms with Crippen LogP contribution in [0.15, 0.2) is 30.3 Å². The van der Waals surface area contributed by atoms with Crippen molar-refractivity contribution in [3.05, 3.63) is 35.9 Å². The van der Waals surface area contributed by atoms with E-state index in [1.807, 2.05) is 30.3 Å². The van der Waals surface area contributed by atoms with Gasteiger partial charge in [0.15, 0.2) is 0 Å². The highest BCUT2D eigenvalue weighted by molar-refractivity contribution is 5.67. The minimum absolute atomic E-state index is 0.215. The van der Waals surface area contributed by atoms with Gasteiger partial charge in [-0.1, -0.05) is 30.3 Å². The molecular weight excluding hydrogens is 298 g/mol. The maximum absolute atomic E-state index is 11.5. The van der Waals surface area contributed by atoms with Crippen molar-refractivity contribution < 1.29 is 19.4 Å². The van der Waals surface area contributed by atoms with Crippen molar-refractivity contribution >= 4 is 12.2 Å². The monoisotopic (exact) mass is 323 g/mol. The highest BCUT2D eigenvalue weighted by Crippen LogP contribution is 2.01. The summed E-state index contributed by atoms with van der Waals surface area (Å²) in [5, 5.41) is 11.7. The second-order valence-corrected chi connectivity index (χ2v) is 5.11. The number of carbonyl (C=O) groups excluding carboxylic acids is 1. The van der Waals surface area contributed by atoms with Gasteiger partial charge in [0.05, 0.1) is 0 Å². The van der Waals surface area contributed by atoms with Gasteiger partial charge in [-0.2, -0.15) is 0 Å². The highest BCUT2D eigenvalue weighted by Gasteiger charge is 2.10. The maximum atomic E-state index is 11.5. The van der Waals surface area contributed by atoms with Crippen molar-refractivity contribution in [2.75, 3.05) is 26.2 Å². The topological polar surface area (TPSA) is 105 Å². The number of nitrogens with one attached hydrogen (secondary N) is 1. The normalized spacial score (nSPS) is 10.1. The Labute approximate surface area is 136 Å². The average molecular weight is 323 g/mol. The SMILES string of the molecule is NCCCCN(CCCNC(=O)OCc1ccccc1)C(=O)O. The van der Waals surface area contributed by atoms with E-state index in [1.165, 1.54) is 4.90 Å². The lowest BCUT2D eigenvalue weighted by molar-refractivity contribution is 0.137. The van der Waals surface area contributed by atoms with Crippen molar-refractivity contribution in [1.82, 2.24) is 10.2 Å². The van der Waals surface area contributed by atoms with E-state index < -0.39 is 12.2 Å². The number of hydrogen-bond acceptors (Lipinski definition) is 4. The molecule has 0 fully saturated rings. The Morgan fingerprint density at radius 3 is 2.48 bits per heavy atom. The summed E-state index contributed by atoms with van der Waals surface area (Å²) in [6.45, 7) is 1.98. The molecule has 0 aliphatic rings. The number of unbranched alkanes of at least 4 members (excludes halogenated alkanes) is 1. The van der Waals surface area contributed by atoms with Crippen LogP contribution >= 0.6 is 0 Å². The summed E-state index contributed by atoms with van der Waals surface area (Å²) in [6.07, 6.45) is 0.631. The fourth-order valence-electron chi connectivity index (χ4n) is 1.98. The van der Waals surface area contributed by atoms with Crippen molar-refractivity contribution in [2.45, 2.75) is 25.9 Å². The van der Waals surface area contributed by atoms with Gasteiger partial charge in [0, 0.05) is 19.6 Å². The van der Waals surface area contributed by atoms with Gasteiger partial charge in [0.1, 0.15) is 6.61 Å². The number of carbonyl (C=O) groups is 2. The van der Waals surface area contributed by atoms with E-state index in [-0.39, 0.29) is 6.61 Å². The number of alkyl carbamates (subject to hydrolysis) is 1. The van der Waals surface area contributed by atoms with E-state index >= 15 is 0 Å². The highest BCUT2D eigenvalue weighted by atomic mass is 16.5. The van der Waals surface area contributed by atoms with Crippen LogP contribution in [0, 0.1) is 0 Å². The third kappa shape index (κ3) is 8.67. The molecule has 0 unspecified atom stereocenters. The van der Waals surface area contributed by atoms with Gasteiger partial charge < -0.3 is 25.8 Å². The molecule has 0 saturated heterocycles. The number of carboxylic acid groups (broad SMARTS) is 1. The molecule has 7 heteroatoms. The molecule has 0 atom stereocenters. The minimum Gasteiger partial charge on any atom is -0.465 e. The van der Waals surface area contributed by atoms with Gasteiger partial charge in [-0.3, -0.25) is 0 Å². The van der Waals surface area contributed by atoms with Gasteiger partial charge in [-0.15, -0.1) is 0 Å². The molecule has 0 spiro atoms. The Kier molecular flexibility index (Phi) is 9.23. The van der Waals surface area contributed by atoms with Crippen LogP contribution in [0.2, 0.25) is 0 Å². The van der Waals surface area contributed by atoms with Crippen molar-refractivity contribution in [2.24, 2.45) is 5.73 Å². The lowest BCUT2D eigenvalue weighted by Crippen LogP contribution is -2.34. The Balaban J connectivity index is 2.14. The van der Waals surface area contributed by atoms with Crippen LogP contribution in [-0.4, -0.2) is 48.4 Å². The number of hydrogen-bond donors (Lipinski definition) is 3. The number of benzene rings is 1. The summed E-state index contributed by atoms with van der Waals surface area (Å²) in [6, 6.07) is 9.40. The molecule has 0 aliphatic carbocycles. The second kappa shape index (κ2) is 11.3. The van der Waals surface area contributed by atoms with Crippen LogP contribution < -0.4 is 11.1 Å². The van der Waals surface area contributed by atoms with Gasteiger partial charge in [0.25, 0.3) is 0 Å². The van der Waals surface area contributed by atoms with E-state index in [9.17, 15) is 9.59 Å². The van der Waals surface area contributed by atoms with E-state index in [0.717, 1.165) is 18.4 Å². The third-order valence-corrected chi connectivity index (χ3v) is 3.24. The molecule has 7 nitrogen and oxygen atoms in total. The predicted octanol–water partition coefficient (Wildman–Crippen LogP) is 2.02. The Bertz CT molecular complexity index is 468.